The van der Waals surface area contributed by atoms with Crippen molar-refractivity contribution in [2.75, 3.05) is 20.2 Å². The molecule has 1 aliphatic heterocycles. The Morgan fingerprint density at radius 2 is 1.94 bits per heavy atom. The molecular formula is C11H17NO4. The van der Waals surface area contributed by atoms with Crippen LogP contribution in [0.1, 0.15) is 19.8 Å². The van der Waals surface area contributed by atoms with E-state index in [-0.39, 0.29) is 11.9 Å². The molecule has 0 aromatic carbocycles. The Labute approximate surface area is 94.7 Å². The lowest BCUT2D eigenvalue weighted by Gasteiger charge is -2.30. The van der Waals surface area contributed by atoms with Gasteiger partial charge in [0.05, 0.1) is 6.10 Å². The smallest absolute Gasteiger partial charge is 0.288 e. The number of aliphatic hydroxyl groups excluding tert-OH is 1. The fourth-order valence-corrected chi connectivity index (χ4v) is 1.71. The number of nitrogens with zero attached hydrogens (tertiary/aromatic N) is 1. The van der Waals surface area contributed by atoms with Crippen molar-refractivity contribution in [3.8, 4) is 0 Å². The van der Waals surface area contributed by atoms with Gasteiger partial charge in [-0.3, -0.25) is 9.59 Å². The number of ketones is 1. The van der Waals surface area contributed by atoms with E-state index in [1.165, 1.54) is 11.8 Å². The second kappa shape index (κ2) is 5.65. The van der Waals surface area contributed by atoms with Gasteiger partial charge < -0.3 is 14.7 Å². The van der Waals surface area contributed by atoms with Crippen LogP contribution >= 0.6 is 0 Å². The first-order chi connectivity index (χ1) is 7.54. The van der Waals surface area contributed by atoms with Crippen molar-refractivity contribution in [3.05, 3.63) is 11.8 Å². The summed E-state index contributed by atoms with van der Waals surface area (Å²) in [7, 11) is 1.65. The van der Waals surface area contributed by atoms with Gasteiger partial charge in [0.1, 0.15) is 0 Å². The van der Waals surface area contributed by atoms with Crippen molar-refractivity contribution in [1.29, 1.82) is 0 Å². The molecule has 1 heterocycles. The molecule has 1 N–H and O–H groups in total. The summed E-state index contributed by atoms with van der Waals surface area (Å²) in [5.41, 5.74) is 0. The van der Waals surface area contributed by atoms with Crippen molar-refractivity contribution in [3.63, 3.8) is 0 Å². The second-order valence-electron chi connectivity index (χ2n) is 3.87. The minimum Gasteiger partial charge on any atom is -0.503 e. The molecule has 1 aliphatic rings. The minimum atomic E-state index is -0.483. The van der Waals surface area contributed by atoms with Crippen LogP contribution in [0.5, 0.6) is 0 Å². The molecule has 0 aromatic rings. The van der Waals surface area contributed by atoms with Gasteiger partial charge in [-0.2, -0.15) is 0 Å². The number of piperidine rings is 1. The van der Waals surface area contributed by atoms with Crippen LogP contribution in [0.2, 0.25) is 0 Å². The van der Waals surface area contributed by atoms with Crippen LogP contribution in [0.4, 0.5) is 0 Å². The van der Waals surface area contributed by atoms with Crippen LogP contribution in [-0.2, 0) is 14.3 Å². The van der Waals surface area contributed by atoms with Crippen LogP contribution in [0.25, 0.3) is 0 Å². The van der Waals surface area contributed by atoms with E-state index in [4.69, 9.17) is 4.74 Å². The van der Waals surface area contributed by atoms with Crippen LogP contribution in [0.3, 0.4) is 0 Å². The Bertz CT molecular complexity index is 303. The van der Waals surface area contributed by atoms with Crippen LogP contribution in [0.15, 0.2) is 11.8 Å². The van der Waals surface area contributed by atoms with Gasteiger partial charge in [0.25, 0.3) is 5.91 Å². The SMILES string of the molecule is COC1CCN(C(=O)C(O)=CC(C)=O)CC1. The number of rotatable bonds is 3. The maximum Gasteiger partial charge on any atom is 0.288 e. The highest BCUT2D eigenvalue weighted by molar-refractivity contribution is 5.99. The van der Waals surface area contributed by atoms with Gasteiger partial charge in [-0.15, -0.1) is 0 Å². The minimum absolute atomic E-state index is 0.183. The van der Waals surface area contributed by atoms with Gasteiger partial charge in [0.2, 0.25) is 0 Å². The number of ether oxygens (including phenoxy) is 1. The standard InChI is InChI=1S/C11H17NO4/c1-8(13)7-10(14)11(15)12-5-3-9(16-2)4-6-12/h7,9,14H,3-6H2,1-2H3. The Morgan fingerprint density at radius 1 is 1.38 bits per heavy atom. The monoisotopic (exact) mass is 227 g/mol. The maximum atomic E-state index is 11.6. The number of allylic oxidation sites excluding steroid dienone is 1. The number of hydrogen-bond donors (Lipinski definition) is 1. The van der Waals surface area contributed by atoms with Gasteiger partial charge in [-0.1, -0.05) is 0 Å². The van der Waals surface area contributed by atoms with E-state index in [2.05, 4.69) is 0 Å². The van der Waals surface area contributed by atoms with E-state index in [1.807, 2.05) is 0 Å². The number of aliphatic hydroxyl groups is 1. The second-order valence-corrected chi connectivity index (χ2v) is 3.87. The van der Waals surface area contributed by atoms with Gasteiger partial charge in [0.15, 0.2) is 11.5 Å². The summed E-state index contributed by atoms with van der Waals surface area (Å²) in [6.45, 7) is 2.39. The van der Waals surface area contributed by atoms with Crippen molar-refractivity contribution in [1.82, 2.24) is 4.90 Å². The molecule has 1 fully saturated rings. The quantitative estimate of drug-likeness (QED) is 0.568. The predicted molar refractivity (Wildman–Crippen MR) is 58.0 cm³/mol. The average molecular weight is 227 g/mol. The van der Waals surface area contributed by atoms with Gasteiger partial charge in [0, 0.05) is 26.3 Å². The first kappa shape index (κ1) is 12.7. The number of hydrogen-bond acceptors (Lipinski definition) is 4. The van der Waals surface area contributed by atoms with Crippen LogP contribution in [0, 0.1) is 0 Å². The fourth-order valence-electron chi connectivity index (χ4n) is 1.71. The Kier molecular flexibility index (Phi) is 4.49. The largest absolute Gasteiger partial charge is 0.503 e. The Balaban J connectivity index is 2.53. The molecule has 1 rings (SSSR count). The van der Waals surface area contributed by atoms with Crippen LogP contribution in [-0.4, -0.2) is 48.0 Å². The van der Waals surface area contributed by atoms with Crippen molar-refractivity contribution in [2.45, 2.75) is 25.9 Å². The summed E-state index contributed by atoms with van der Waals surface area (Å²) in [5, 5.41) is 9.38. The van der Waals surface area contributed by atoms with E-state index in [9.17, 15) is 14.7 Å². The first-order valence-electron chi connectivity index (χ1n) is 5.28. The zero-order valence-electron chi connectivity index (χ0n) is 9.60. The molecule has 0 aromatic heterocycles. The summed E-state index contributed by atoms with van der Waals surface area (Å²) >= 11 is 0. The van der Waals surface area contributed by atoms with Crippen molar-refractivity contribution in [2.24, 2.45) is 0 Å². The topological polar surface area (TPSA) is 66.8 Å². The molecule has 0 bridgehead atoms. The molecule has 1 amide bonds. The molecule has 5 heteroatoms. The molecular weight excluding hydrogens is 210 g/mol. The lowest BCUT2D eigenvalue weighted by atomic mass is 10.1. The number of likely N-dealkylation sites (tertiary alicyclic amines) is 1. The van der Waals surface area contributed by atoms with Gasteiger partial charge >= 0.3 is 0 Å². The molecule has 90 valence electrons. The third-order valence-corrected chi connectivity index (χ3v) is 2.62. The Morgan fingerprint density at radius 3 is 2.38 bits per heavy atom. The fraction of sp³-hybridized carbons (Fsp3) is 0.636. The lowest BCUT2D eigenvalue weighted by molar-refractivity contribution is -0.132. The summed E-state index contributed by atoms with van der Waals surface area (Å²) < 4.78 is 5.18. The van der Waals surface area contributed by atoms with E-state index in [0.29, 0.717) is 13.1 Å². The molecule has 5 nitrogen and oxygen atoms in total. The number of methoxy groups -OCH3 is 1. The third kappa shape index (κ3) is 3.34. The highest BCUT2D eigenvalue weighted by atomic mass is 16.5. The van der Waals surface area contributed by atoms with Crippen molar-refractivity contribution >= 4 is 11.7 Å². The van der Waals surface area contributed by atoms with Gasteiger partial charge in [-0.05, 0) is 19.8 Å². The number of amides is 1. The molecule has 0 spiro atoms. The zero-order valence-corrected chi connectivity index (χ0v) is 9.60. The molecule has 0 aliphatic carbocycles. The highest BCUT2D eigenvalue weighted by Gasteiger charge is 2.24. The molecule has 0 atom stereocenters. The molecule has 0 radical (unpaired) electrons. The summed E-state index contributed by atoms with van der Waals surface area (Å²) in [6.07, 6.45) is 2.65. The number of carbonyl (C=O) groups is 2. The molecule has 16 heavy (non-hydrogen) atoms. The van der Waals surface area contributed by atoms with E-state index >= 15 is 0 Å². The molecule has 0 saturated carbocycles. The van der Waals surface area contributed by atoms with E-state index < -0.39 is 11.7 Å². The third-order valence-electron chi connectivity index (χ3n) is 2.62. The van der Waals surface area contributed by atoms with Crippen LogP contribution < -0.4 is 0 Å². The van der Waals surface area contributed by atoms with E-state index in [0.717, 1.165) is 18.9 Å². The predicted octanol–water partition coefficient (Wildman–Crippen LogP) is 0.655. The Hall–Kier alpha value is -1.36. The lowest BCUT2D eigenvalue weighted by Crippen LogP contribution is -2.41. The average Bonchev–Trinajstić information content (AvgIpc) is 2.27. The number of carbonyl (C=O) groups excluding carboxylic acids is 2. The maximum absolute atomic E-state index is 11.6. The summed E-state index contributed by atoms with van der Waals surface area (Å²) in [4.78, 5) is 23.9. The van der Waals surface area contributed by atoms with E-state index in [1.54, 1.807) is 7.11 Å². The highest BCUT2D eigenvalue weighted by Crippen LogP contribution is 2.14. The normalized spacial score (nSPS) is 18.6. The van der Waals surface area contributed by atoms with Crippen molar-refractivity contribution < 1.29 is 19.4 Å². The summed E-state index contributed by atoms with van der Waals surface area (Å²) in [5.74, 6) is -1.30. The van der Waals surface area contributed by atoms with Gasteiger partial charge in [-0.25, -0.2) is 0 Å². The summed E-state index contributed by atoms with van der Waals surface area (Å²) in [6, 6.07) is 0. The zero-order chi connectivity index (χ0) is 12.1. The molecule has 1 saturated heterocycles. The first-order valence-corrected chi connectivity index (χ1v) is 5.28. The molecule has 0 unspecified atom stereocenters.